The van der Waals surface area contributed by atoms with Crippen LogP contribution in [0.3, 0.4) is 0 Å². The van der Waals surface area contributed by atoms with Gasteiger partial charge in [-0.25, -0.2) is 29.9 Å². The molecule has 8 nitrogen and oxygen atoms in total. The van der Waals surface area contributed by atoms with Crippen LogP contribution >= 0.6 is 0 Å². The van der Waals surface area contributed by atoms with Crippen LogP contribution in [0.2, 0.25) is 0 Å². The predicted octanol–water partition coefficient (Wildman–Crippen LogP) is 5.95. The maximum atomic E-state index is 5.02. The van der Waals surface area contributed by atoms with Gasteiger partial charge >= 0.3 is 37.7 Å². The van der Waals surface area contributed by atoms with Gasteiger partial charge < -0.3 is 9.97 Å². The van der Waals surface area contributed by atoms with Gasteiger partial charge in [-0.2, -0.15) is 0 Å². The summed E-state index contributed by atoms with van der Waals surface area (Å²) in [4.78, 5) is 36.8. The van der Waals surface area contributed by atoms with Crippen LogP contribution in [0.25, 0.3) is 89.7 Å². The topological polar surface area (TPSA) is 109 Å². The molecule has 2 N–H and O–H groups in total. The Bertz CT molecular complexity index is 2030. The van der Waals surface area contributed by atoms with E-state index in [9.17, 15) is 0 Å². The molecule has 0 amide bonds. The molecule has 3 aromatic heterocycles. The Kier molecular flexibility index (Phi) is 5.50. The normalized spacial score (nSPS) is 11.7. The van der Waals surface area contributed by atoms with Crippen molar-refractivity contribution in [1.29, 1.82) is 0 Å². The van der Waals surface area contributed by atoms with Gasteiger partial charge in [0, 0.05) is 43.8 Å². The zero-order valence-corrected chi connectivity index (χ0v) is 20.9. The van der Waals surface area contributed by atoms with E-state index in [4.69, 9.17) is 29.9 Å². The number of aromatic amines is 2. The van der Waals surface area contributed by atoms with Gasteiger partial charge in [-0.05, 0) is 0 Å². The first-order valence-corrected chi connectivity index (χ1v) is 13.0. The number of fused-ring (bicyclic) bond motifs is 20. The zero-order chi connectivity index (χ0) is 26.2. The van der Waals surface area contributed by atoms with Gasteiger partial charge in [-0.3, -0.25) is 0 Å². The second-order valence-electron chi connectivity index (χ2n) is 9.79. The fraction of sp³-hybridized carbons (Fsp3) is 0. The summed E-state index contributed by atoms with van der Waals surface area (Å²) in [5.74, 6) is 2.39. The van der Waals surface area contributed by atoms with E-state index in [1.54, 1.807) is 0 Å². The maximum Gasteiger partial charge on any atom is 0.164 e. The van der Waals surface area contributed by atoms with Crippen LogP contribution in [0.15, 0.2) is 97.1 Å². The minimum Gasteiger partial charge on any atom is -0.324 e. The minimum absolute atomic E-state index is 0. The van der Waals surface area contributed by atoms with Crippen molar-refractivity contribution in [2.75, 3.05) is 0 Å². The van der Waals surface area contributed by atoms with Gasteiger partial charge in [0.2, 0.25) is 0 Å². The molecule has 0 unspecified atom stereocenters. The number of hydrogen-bond donors (Lipinski definition) is 2. The predicted molar refractivity (Wildman–Crippen MR) is 165 cm³/mol. The molecule has 9 rings (SSSR count). The fourth-order valence-corrected chi connectivity index (χ4v) is 5.59. The summed E-state index contributed by atoms with van der Waals surface area (Å²) in [5, 5.41) is 3.82. The molecule has 0 spiro atoms. The molecular weight excluding hydrogens is 536 g/mol. The Morgan fingerprint density at radius 2 is 0.561 bits per heavy atom. The van der Waals surface area contributed by atoms with Crippen molar-refractivity contribution in [3.05, 3.63) is 97.1 Å². The third kappa shape index (κ3) is 3.72. The van der Waals surface area contributed by atoms with Crippen molar-refractivity contribution in [3.8, 4) is 45.6 Å². The average molecular weight is 557 g/mol. The van der Waals surface area contributed by atoms with Crippen LogP contribution in [0.4, 0.5) is 0 Å². The fourth-order valence-electron chi connectivity index (χ4n) is 5.59. The Morgan fingerprint density at radius 3 is 0.829 bits per heavy atom. The van der Waals surface area contributed by atoms with E-state index in [1.807, 2.05) is 97.1 Å². The van der Waals surface area contributed by atoms with Crippen LogP contribution in [-0.4, -0.2) is 77.6 Å². The molecule has 2 aliphatic rings. The number of rotatable bonds is 0. The van der Waals surface area contributed by atoms with E-state index in [-0.39, 0.29) is 37.7 Å². The van der Waals surface area contributed by atoms with Gasteiger partial charge in [-0.15, -0.1) is 0 Å². The Hall–Kier alpha value is -4.50. The number of benzene rings is 4. The SMILES string of the molecule is [CaH2].c1ccc2c(c1)-c1nc-2nc2[nH]c(nc3nc(nc4[nH]c(n1)c1ccccc41)-c1ccccc1-3)c1ccccc21. The van der Waals surface area contributed by atoms with Crippen molar-refractivity contribution >= 4 is 81.9 Å². The van der Waals surface area contributed by atoms with Crippen molar-refractivity contribution in [1.82, 2.24) is 39.9 Å². The zero-order valence-electron chi connectivity index (χ0n) is 20.9. The molecule has 0 saturated heterocycles. The molecule has 0 fully saturated rings. The van der Waals surface area contributed by atoms with Gasteiger partial charge in [0.15, 0.2) is 23.3 Å². The first kappa shape index (κ1) is 24.3. The summed E-state index contributed by atoms with van der Waals surface area (Å²) in [6, 6.07) is 32.2. The first-order chi connectivity index (χ1) is 19.8. The van der Waals surface area contributed by atoms with Crippen molar-refractivity contribution in [3.63, 3.8) is 0 Å². The maximum absolute atomic E-state index is 5.02. The Balaban J connectivity index is 0.00000256. The average Bonchev–Trinajstić information content (AvgIpc) is 3.73. The Labute approximate surface area is 262 Å². The van der Waals surface area contributed by atoms with Gasteiger partial charge in [0.1, 0.15) is 22.6 Å². The minimum atomic E-state index is 0. The number of aromatic nitrogens is 8. The van der Waals surface area contributed by atoms with E-state index in [1.165, 1.54) is 0 Å². The molecule has 4 aromatic carbocycles. The first-order valence-electron chi connectivity index (χ1n) is 13.0. The molecule has 0 aliphatic carbocycles. The smallest absolute Gasteiger partial charge is 0.164 e. The summed E-state index contributed by atoms with van der Waals surface area (Å²) >= 11 is 0. The molecule has 2 aliphatic heterocycles. The van der Waals surface area contributed by atoms with Crippen LogP contribution in [0.5, 0.6) is 0 Å². The third-order valence-electron chi connectivity index (χ3n) is 7.46. The van der Waals surface area contributed by atoms with Gasteiger partial charge in [0.05, 0.1) is 0 Å². The number of nitrogens with one attached hydrogen (secondary N) is 2. The molecule has 0 saturated carbocycles. The van der Waals surface area contributed by atoms with E-state index < -0.39 is 0 Å². The van der Waals surface area contributed by atoms with Crippen LogP contribution in [0, 0.1) is 0 Å². The van der Waals surface area contributed by atoms with Crippen LogP contribution in [-0.2, 0) is 0 Å². The van der Waals surface area contributed by atoms with Crippen molar-refractivity contribution in [2.45, 2.75) is 0 Å². The summed E-state index contributed by atoms with van der Waals surface area (Å²) in [6.07, 6.45) is 0. The second-order valence-corrected chi connectivity index (χ2v) is 9.79. The summed E-state index contributed by atoms with van der Waals surface area (Å²) in [6.45, 7) is 0. The summed E-state index contributed by atoms with van der Waals surface area (Å²) < 4.78 is 0. The standard InChI is InChI=1S/C32H18N8.Ca.2H/c1-2-10-18-17(9-1)25-33-26(18)38-28-21-13-5-6-14-22(21)30(35-28)40-32-24-16-8-7-15-23(24)31(36-32)39-29-20-12-4-3-11-19(20)27(34-29)37-25;;;/h1-16H,(H2,33,34,35,36,37,38,39,40);;;. The molecule has 9 heteroatoms. The summed E-state index contributed by atoms with van der Waals surface area (Å²) in [5.41, 5.74) is 6.45. The molecule has 0 radical (unpaired) electrons. The molecule has 41 heavy (non-hydrogen) atoms. The van der Waals surface area contributed by atoms with E-state index in [0.717, 1.165) is 43.8 Å². The molecule has 7 aromatic rings. The number of hydrogen-bond acceptors (Lipinski definition) is 6. The van der Waals surface area contributed by atoms with Crippen molar-refractivity contribution < 1.29 is 0 Å². The number of nitrogens with zero attached hydrogens (tertiary/aromatic N) is 6. The van der Waals surface area contributed by atoms with Crippen LogP contribution < -0.4 is 0 Å². The van der Waals surface area contributed by atoms with E-state index in [2.05, 4.69) is 9.97 Å². The third-order valence-corrected chi connectivity index (χ3v) is 7.46. The summed E-state index contributed by atoms with van der Waals surface area (Å²) in [7, 11) is 0. The Morgan fingerprint density at radius 1 is 0.317 bits per heavy atom. The van der Waals surface area contributed by atoms with Gasteiger partial charge in [-0.1, -0.05) is 97.1 Å². The van der Waals surface area contributed by atoms with Crippen LogP contribution in [0.1, 0.15) is 0 Å². The molecule has 5 heterocycles. The quantitative estimate of drug-likeness (QED) is 0.223. The van der Waals surface area contributed by atoms with Gasteiger partial charge in [0.25, 0.3) is 0 Å². The molecule has 0 atom stereocenters. The molecule has 190 valence electrons. The molecule has 8 bridgehead atoms. The monoisotopic (exact) mass is 556 g/mol. The number of H-pyrrole nitrogens is 2. The van der Waals surface area contributed by atoms with E-state index >= 15 is 0 Å². The second kappa shape index (κ2) is 9.27. The molecular formula is C32H20CaN8. The largest absolute Gasteiger partial charge is 0.324 e. The van der Waals surface area contributed by atoms with Crippen molar-refractivity contribution in [2.24, 2.45) is 0 Å². The van der Waals surface area contributed by atoms with E-state index in [0.29, 0.717) is 45.9 Å².